The highest BCUT2D eigenvalue weighted by molar-refractivity contribution is 6.05. The van der Waals surface area contributed by atoms with Crippen LogP contribution in [0.1, 0.15) is 16.1 Å². The number of hydrogen-bond donors (Lipinski definition) is 0. The molecule has 0 spiro atoms. The van der Waals surface area contributed by atoms with Gasteiger partial charge in [-0.05, 0) is 23.8 Å². The Labute approximate surface area is 93.9 Å². The fourth-order valence-corrected chi connectivity index (χ4v) is 2.18. The lowest BCUT2D eigenvalue weighted by molar-refractivity contribution is 0.0986. The molecule has 0 N–H and O–H groups in total. The topological polar surface area (TPSA) is 25.2 Å². The second-order valence-electron chi connectivity index (χ2n) is 4.01. The third-order valence-electron chi connectivity index (χ3n) is 3.05. The maximum absolute atomic E-state index is 12.2. The van der Waals surface area contributed by atoms with Crippen LogP contribution in [0.5, 0.6) is 0 Å². The van der Waals surface area contributed by atoms with E-state index >= 15 is 0 Å². The summed E-state index contributed by atoms with van der Waals surface area (Å²) in [5.41, 5.74) is 2.92. The third kappa shape index (κ3) is 1.18. The normalized spacial score (nSPS) is 14.3. The molecule has 0 fully saturated rings. The smallest absolute Gasteiger partial charge is 0.274 e. The van der Waals surface area contributed by atoms with Crippen molar-refractivity contribution in [2.24, 2.45) is 0 Å². The minimum Gasteiger partial charge on any atom is -0.339 e. The molecule has 1 aromatic heterocycles. The summed E-state index contributed by atoms with van der Waals surface area (Å²) in [7, 11) is 1.82. The maximum Gasteiger partial charge on any atom is 0.274 e. The first-order chi connectivity index (χ1) is 7.77. The Morgan fingerprint density at radius 1 is 1.12 bits per heavy atom. The molecule has 1 aromatic carbocycles. The predicted molar refractivity (Wildman–Crippen MR) is 62.7 cm³/mol. The molecule has 0 unspecified atom stereocenters. The fraction of sp³-hybridized carbons (Fsp3) is 0.154. The van der Waals surface area contributed by atoms with Gasteiger partial charge in [0, 0.05) is 25.5 Å². The molecule has 0 bridgehead atoms. The average Bonchev–Trinajstić information content (AvgIpc) is 2.72. The molecular formula is C13H12N2O. The molecule has 3 nitrogen and oxygen atoms in total. The van der Waals surface area contributed by atoms with E-state index in [1.54, 1.807) is 4.90 Å². The Hall–Kier alpha value is -2.03. The summed E-state index contributed by atoms with van der Waals surface area (Å²) in [6.07, 6.45) is 1.95. The zero-order chi connectivity index (χ0) is 11.1. The number of amides is 1. The largest absolute Gasteiger partial charge is 0.339 e. The van der Waals surface area contributed by atoms with E-state index in [9.17, 15) is 4.79 Å². The van der Waals surface area contributed by atoms with Gasteiger partial charge in [0.1, 0.15) is 5.69 Å². The summed E-state index contributed by atoms with van der Waals surface area (Å²) < 4.78 is 1.99. The molecule has 1 aliphatic rings. The molecule has 1 amide bonds. The summed E-state index contributed by atoms with van der Waals surface area (Å²) in [5.74, 6) is 0.0509. The third-order valence-corrected chi connectivity index (χ3v) is 3.05. The van der Waals surface area contributed by atoms with Crippen molar-refractivity contribution in [1.82, 2.24) is 4.57 Å². The van der Waals surface area contributed by atoms with Gasteiger partial charge in [-0.1, -0.05) is 18.2 Å². The van der Waals surface area contributed by atoms with Crippen LogP contribution in [0.2, 0.25) is 0 Å². The number of fused-ring (bicyclic) bond motifs is 2. The minimum absolute atomic E-state index is 0.0509. The Morgan fingerprint density at radius 3 is 2.81 bits per heavy atom. The predicted octanol–water partition coefficient (Wildman–Crippen LogP) is 2.13. The minimum atomic E-state index is 0.0509. The van der Waals surface area contributed by atoms with Crippen LogP contribution in [0.15, 0.2) is 42.6 Å². The average molecular weight is 212 g/mol. The molecule has 1 aliphatic heterocycles. The molecule has 2 heterocycles. The van der Waals surface area contributed by atoms with Crippen LogP contribution in [0, 0.1) is 0 Å². The van der Waals surface area contributed by atoms with E-state index in [1.165, 1.54) is 5.56 Å². The molecule has 0 atom stereocenters. The molecule has 0 saturated heterocycles. The van der Waals surface area contributed by atoms with Crippen LogP contribution in [-0.2, 0) is 6.54 Å². The van der Waals surface area contributed by atoms with Crippen LogP contribution in [0.3, 0.4) is 0 Å². The van der Waals surface area contributed by atoms with Crippen molar-refractivity contribution in [2.75, 3.05) is 11.9 Å². The van der Waals surface area contributed by atoms with Crippen molar-refractivity contribution in [3.8, 4) is 0 Å². The number of hydrogen-bond acceptors (Lipinski definition) is 1. The van der Waals surface area contributed by atoms with Gasteiger partial charge < -0.3 is 9.47 Å². The molecule has 2 aromatic rings. The van der Waals surface area contributed by atoms with Gasteiger partial charge in [0.25, 0.3) is 5.91 Å². The standard InChI is InChI=1S/C13H12N2O/c1-14-11-6-3-2-5-10(11)9-15-8-4-7-12(15)13(14)16/h2-8H,9H2,1H3. The van der Waals surface area contributed by atoms with Crippen molar-refractivity contribution in [1.29, 1.82) is 0 Å². The van der Waals surface area contributed by atoms with E-state index in [0.29, 0.717) is 0 Å². The molecule has 3 rings (SSSR count). The molecule has 0 aliphatic carbocycles. The van der Waals surface area contributed by atoms with E-state index < -0.39 is 0 Å². The Bertz CT molecular complexity index is 557. The van der Waals surface area contributed by atoms with Crippen LogP contribution >= 0.6 is 0 Å². The lowest BCUT2D eigenvalue weighted by Gasteiger charge is -2.16. The summed E-state index contributed by atoms with van der Waals surface area (Å²) in [6, 6.07) is 11.8. The van der Waals surface area contributed by atoms with Crippen molar-refractivity contribution < 1.29 is 4.79 Å². The summed E-state index contributed by atoms with van der Waals surface area (Å²) in [6.45, 7) is 0.759. The molecule has 80 valence electrons. The zero-order valence-corrected chi connectivity index (χ0v) is 9.05. The summed E-state index contributed by atoms with van der Waals surface area (Å²) in [4.78, 5) is 13.9. The second-order valence-corrected chi connectivity index (χ2v) is 4.01. The molecular weight excluding hydrogens is 200 g/mol. The van der Waals surface area contributed by atoms with Gasteiger partial charge in [0.2, 0.25) is 0 Å². The van der Waals surface area contributed by atoms with Crippen molar-refractivity contribution in [3.05, 3.63) is 53.9 Å². The van der Waals surface area contributed by atoms with Crippen LogP contribution in [0.4, 0.5) is 5.69 Å². The van der Waals surface area contributed by atoms with Crippen LogP contribution < -0.4 is 4.90 Å². The number of rotatable bonds is 0. The number of benzene rings is 1. The molecule has 0 radical (unpaired) electrons. The van der Waals surface area contributed by atoms with Gasteiger partial charge in [-0.25, -0.2) is 0 Å². The number of carbonyl (C=O) groups excluding carboxylic acids is 1. The lowest BCUT2D eigenvalue weighted by atomic mass is 10.1. The van der Waals surface area contributed by atoms with E-state index in [2.05, 4.69) is 6.07 Å². The molecule has 0 saturated carbocycles. The van der Waals surface area contributed by atoms with Crippen LogP contribution in [0.25, 0.3) is 0 Å². The highest BCUT2D eigenvalue weighted by Gasteiger charge is 2.22. The van der Waals surface area contributed by atoms with Gasteiger partial charge >= 0.3 is 0 Å². The zero-order valence-electron chi connectivity index (χ0n) is 9.05. The van der Waals surface area contributed by atoms with Gasteiger partial charge in [-0.15, -0.1) is 0 Å². The maximum atomic E-state index is 12.2. The van der Waals surface area contributed by atoms with Gasteiger partial charge in [-0.3, -0.25) is 4.79 Å². The number of para-hydroxylation sites is 1. The first kappa shape index (κ1) is 9.21. The van der Waals surface area contributed by atoms with Crippen LogP contribution in [-0.4, -0.2) is 17.5 Å². The highest BCUT2D eigenvalue weighted by atomic mass is 16.2. The number of carbonyl (C=O) groups is 1. The fourth-order valence-electron chi connectivity index (χ4n) is 2.18. The van der Waals surface area contributed by atoms with Crippen molar-refractivity contribution in [2.45, 2.75) is 6.54 Å². The van der Waals surface area contributed by atoms with Gasteiger partial charge in [-0.2, -0.15) is 0 Å². The quantitative estimate of drug-likeness (QED) is 0.656. The number of nitrogens with zero attached hydrogens (tertiary/aromatic N) is 2. The molecule has 3 heteroatoms. The van der Waals surface area contributed by atoms with Crippen molar-refractivity contribution >= 4 is 11.6 Å². The Morgan fingerprint density at radius 2 is 1.94 bits per heavy atom. The highest BCUT2D eigenvalue weighted by Crippen LogP contribution is 2.25. The SMILES string of the molecule is CN1C(=O)c2cccn2Cc2ccccc21. The van der Waals surface area contributed by atoms with Gasteiger partial charge in [0.15, 0.2) is 0 Å². The van der Waals surface area contributed by atoms with Crippen molar-refractivity contribution in [3.63, 3.8) is 0 Å². The van der Waals surface area contributed by atoms with E-state index in [1.807, 2.05) is 48.1 Å². The first-order valence-corrected chi connectivity index (χ1v) is 5.28. The summed E-state index contributed by atoms with van der Waals surface area (Å²) >= 11 is 0. The van der Waals surface area contributed by atoms with Gasteiger partial charge in [0.05, 0.1) is 0 Å². The first-order valence-electron chi connectivity index (χ1n) is 5.28. The second kappa shape index (κ2) is 3.23. The summed E-state index contributed by atoms with van der Waals surface area (Å²) in [5, 5.41) is 0. The van der Waals surface area contributed by atoms with E-state index in [4.69, 9.17) is 0 Å². The molecule has 16 heavy (non-hydrogen) atoms. The monoisotopic (exact) mass is 212 g/mol. The Balaban J connectivity index is 2.23. The van der Waals surface area contributed by atoms with E-state index in [-0.39, 0.29) is 5.91 Å². The van der Waals surface area contributed by atoms with E-state index in [0.717, 1.165) is 17.9 Å². The number of anilines is 1. The number of aromatic nitrogens is 1. The lowest BCUT2D eigenvalue weighted by Crippen LogP contribution is -2.26. The Kier molecular flexibility index (Phi) is 1.86.